The molecule has 0 aliphatic carbocycles. The first-order valence-electron chi connectivity index (χ1n) is 4.45. The minimum Gasteiger partial charge on any atom is -0.465 e. The van der Waals surface area contributed by atoms with Crippen molar-refractivity contribution < 1.29 is 9.53 Å². The van der Waals surface area contributed by atoms with Crippen molar-refractivity contribution in [2.45, 2.75) is 0 Å². The van der Waals surface area contributed by atoms with Crippen LogP contribution >= 0.6 is 27.5 Å². The minimum atomic E-state index is -0.497. The van der Waals surface area contributed by atoms with Gasteiger partial charge in [0.15, 0.2) is 0 Å². The summed E-state index contributed by atoms with van der Waals surface area (Å²) >= 11 is 9.05. The highest BCUT2D eigenvalue weighted by molar-refractivity contribution is 9.10. The minimum absolute atomic E-state index is 0.162. The highest BCUT2D eigenvalue weighted by Gasteiger charge is 2.11. The standard InChI is InChI=1S/C12H10BrClO2/c1-8(14)11(12(15)16-2)7-9-3-5-10(13)6-4-9/h3-7H,1H2,2H3/b11-7+. The van der Waals surface area contributed by atoms with Gasteiger partial charge in [-0.05, 0) is 23.8 Å². The van der Waals surface area contributed by atoms with Crippen molar-refractivity contribution in [2.24, 2.45) is 0 Å². The van der Waals surface area contributed by atoms with Crippen molar-refractivity contribution in [1.29, 1.82) is 0 Å². The summed E-state index contributed by atoms with van der Waals surface area (Å²) in [4.78, 5) is 11.4. The fourth-order valence-electron chi connectivity index (χ4n) is 1.08. The van der Waals surface area contributed by atoms with Crippen LogP contribution in [0.1, 0.15) is 5.56 Å². The maximum absolute atomic E-state index is 11.4. The molecule has 0 heterocycles. The summed E-state index contributed by atoms with van der Waals surface area (Å²) in [6.45, 7) is 3.53. The van der Waals surface area contributed by atoms with Gasteiger partial charge in [0.05, 0.1) is 12.7 Å². The zero-order chi connectivity index (χ0) is 12.1. The number of hydrogen-bond acceptors (Lipinski definition) is 2. The summed E-state index contributed by atoms with van der Waals surface area (Å²) in [6.07, 6.45) is 1.63. The molecule has 16 heavy (non-hydrogen) atoms. The van der Waals surface area contributed by atoms with E-state index in [0.29, 0.717) is 0 Å². The van der Waals surface area contributed by atoms with Crippen molar-refractivity contribution in [3.05, 3.63) is 51.5 Å². The predicted octanol–water partition coefficient (Wildman–Crippen LogP) is 3.76. The summed E-state index contributed by atoms with van der Waals surface area (Å²) in [5, 5.41) is 0.162. The molecule has 84 valence electrons. The third-order valence-electron chi connectivity index (χ3n) is 1.88. The van der Waals surface area contributed by atoms with E-state index in [-0.39, 0.29) is 10.6 Å². The Morgan fingerprint density at radius 2 is 2.00 bits per heavy atom. The summed E-state index contributed by atoms with van der Waals surface area (Å²) in [6, 6.07) is 7.45. The molecule has 0 bridgehead atoms. The highest BCUT2D eigenvalue weighted by atomic mass is 79.9. The lowest BCUT2D eigenvalue weighted by atomic mass is 10.1. The Morgan fingerprint density at radius 1 is 1.44 bits per heavy atom. The van der Waals surface area contributed by atoms with Crippen LogP contribution in [-0.4, -0.2) is 13.1 Å². The quantitative estimate of drug-likeness (QED) is 0.483. The van der Waals surface area contributed by atoms with E-state index in [1.54, 1.807) is 6.08 Å². The summed E-state index contributed by atoms with van der Waals surface area (Å²) in [7, 11) is 1.30. The van der Waals surface area contributed by atoms with Crippen molar-refractivity contribution in [3.63, 3.8) is 0 Å². The molecular weight excluding hydrogens is 291 g/mol. The Bertz CT molecular complexity index is 435. The Morgan fingerprint density at radius 3 is 2.44 bits per heavy atom. The van der Waals surface area contributed by atoms with Gasteiger partial charge in [-0.1, -0.05) is 46.2 Å². The Hall–Kier alpha value is -1.06. The van der Waals surface area contributed by atoms with Crippen LogP contribution < -0.4 is 0 Å². The van der Waals surface area contributed by atoms with E-state index in [1.807, 2.05) is 24.3 Å². The van der Waals surface area contributed by atoms with Gasteiger partial charge in [0, 0.05) is 9.51 Å². The fourth-order valence-corrected chi connectivity index (χ4v) is 1.48. The molecule has 0 amide bonds. The first-order chi connectivity index (χ1) is 7.54. The molecule has 0 aromatic heterocycles. The molecule has 4 heteroatoms. The van der Waals surface area contributed by atoms with Crippen molar-refractivity contribution in [3.8, 4) is 0 Å². The second-order valence-corrected chi connectivity index (χ2v) is 4.38. The lowest BCUT2D eigenvalue weighted by Gasteiger charge is -2.03. The molecular formula is C12H10BrClO2. The lowest BCUT2D eigenvalue weighted by Crippen LogP contribution is -2.04. The molecule has 0 aliphatic rings. The SMILES string of the molecule is C=C(Cl)/C(=C\c1ccc(Br)cc1)C(=O)OC. The number of carbonyl (C=O) groups excluding carboxylic acids is 1. The van der Waals surface area contributed by atoms with Gasteiger partial charge in [-0.15, -0.1) is 0 Å². The Labute approximate surface area is 108 Å². The monoisotopic (exact) mass is 300 g/mol. The summed E-state index contributed by atoms with van der Waals surface area (Å²) < 4.78 is 5.57. The zero-order valence-electron chi connectivity index (χ0n) is 8.67. The normalized spacial score (nSPS) is 11.1. The maximum atomic E-state index is 11.4. The van der Waals surface area contributed by atoms with Crippen LogP contribution in [0.3, 0.4) is 0 Å². The molecule has 0 saturated heterocycles. The van der Waals surface area contributed by atoms with Gasteiger partial charge in [-0.25, -0.2) is 4.79 Å². The van der Waals surface area contributed by atoms with E-state index in [9.17, 15) is 4.79 Å². The second kappa shape index (κ2) is 5.87. The molecule has 0 radical (unpaired) electrons. The lowest BCUT2D eigenvalue weighted by molar-refractivity contribution is -0.135. The number of esters is 1. The molecule has 0 fully saturated rings. The largest absolute Gasteiger partial charge is 0.465 e. The van der Waals surface area contributed by atoms with E-state index in [4.69, 9.17) is 11.6 Å². The van der Waals surface area contributed by atoms with Crippen LogP contribution in [0, 0.1) is 0 Å². The first kappa shape index (κ1) is 13.0. The molecule has 1 aromatic carbocycles. The molecule has 2 nitrogen and oxygen atoms in total. The van der Waals surface area contributed by atoms with Crippen LogP contribution in [0.25, 0.3) is 6.08 Å². The highest BCUT2D eigenvalue weighted by Crippen LogP contribution is 2.19. The molecule has 1 rings (SSSR count). The number of methoxy groups -OCH3 is 1. The molecule has 0 spiro atoms. The van der Waals surface area contributed by atoms with Crippen molar-refractivity contribution >= 4 is 39.6 Å². The third-order valence-corrected chi connectivity index (χ3v) is 2.61. The van der Waals surface area contributed by atoms with Crippen LogP contribution in [0.2, 0.25) is 0 Å². The van der Waals surface area contributed by atoms with Gasteiger partial charge < -0.3 is 4.74 Å². The molecule has 0 saturated carbocycles. The molecule has 1 aromatic rings. The van der Waals surface area contributed by atoms with Crippen LogP contribution in [0.5, 0.6) is 0 Å². The van der Waals surface area contributed by atoms with Crippen LogP contribution in [-0.2, 0) is 9.53 Å². The van der Waals surface area contributed by atoms with E-state index in [2.05, 4.69) is 27.2 Å². The molecule has 0 atom stereocenters. The van der Waals surface area contributed by atoms with Crippen molar-refractivity contribution in [1.82, 2.24) is 0 Å². The van der Waals surface area contributed by atoms with E-state index < -0.39 is 5.97 Å². The third kappa shape index (κ3) is 3.51. The summed E-state index contributed by atoms with van der Waals surface area (Å²) in [5.41, 5.74) is 1.11. The van der Waals surface area contributed by atoms with Crippen LogP contribution in [0.4, 0.5) is 0 Å². The average molecular weight is 302 g/mol. The van der Waals surface area contributed by atoms with Gasteiger partial charge in [-0.3, -0.25) is 0 Å². The van der Waals surface area contributed by atoms with Crippen LogP contribution in [0.15, 0.2) is 45.9 Å². The van der Waals surface area contributed by atoms with E-state index >= 15 is 0 Å². The van der Waals surface area contributed by atoms with E-state index in [0.717, 1.165) is 10.0 Å². The zero-order valence-corrected chi connectivity index (χ0v) is 11.0. The number of benzene rings is 1. The van der Waals surface area contributed by atoms with Crippen molar-refractivity contribution in [2.75, 3.05) is 7.11 Å². The van der Waals surface area contributed by atoms with Gasteiger partial charge in [0.25, 0.3) is 0 Å². The number of carbonyl (C=O) groups is 1. The first-order valence-corrected chi connectivity index (χ1v) is 5.62. The predicted molar refractivity (Wildman–Crippen MR) is 69.1 cm³/mol. The Kier molecular flexibility index (Phi) is 4.77. The number of rotatable bonds is 3. The van der Waals surface area contributed by atoms with Gasteiger partial charge in [0.2, 0.25) is 0 Å². The average Bonchev–Trinajstić information content (AvgIpc) is 2.27. The topological polar surface area (TPSA) is 26.3 Å². The smallest absolute Gasteiger partial charge is 0.339 e. The summed E-state index contributed by atoms with van der Waals surface area (Å²) in [5.74, 6) is -0.497. The molecule has 0 N–H and O–H groups in total. The molecule has 0 unspecified atom stereocenters. The number of ether oxygens (including phenoxy) is 1. The maximum Gasteiger partial charge on any atom is 0.339 e. The number of hydrogen-bond donors (Lipinski definition) is 0. The molecule has 0 aliphatic heterocycles. The van der Waals surface area contributed by atoms with Gasteiger partial charge in [0.1, 0.15) is 0 Å². The number of halogens is 2. The second-order valence-electron chi connectivity index (χ2n) is 3.01. The van der Waals surface area contributed by atoms with E-state index in [1.165, 1.54) is 7.11 Å². The Balaban J connectivity index is 3.07. The fraction of sp³-hybridized carbons (Fsp3) is 0.0833. The van der Waals surface area contributed by atoms with Gasteiger partial charge in [-0.2, -0.15) is 0 Å². The van der Waals surface area contributed by atoms with Gasteiger partial charge >= 0.3 is 5.97 Å².